The molecule has 0 spiro atoms. The predicted molar refractivity (Wildman–Crippen MR) is 119 cm³/mol. The first-order valence-electron chi connectivity index (χ1n) is 10.8. The number of hydrogen-bond acceptors (Lipinski definition) is 3. The molecule has 0 unspecified atom stereocenters. The van der Waals surface area contributed by atoms with Gasteiger partial charge in [-0.1, -0.05) is 42.5 Å². The maximum absolute atomic E-state index is 13.8. The van der Waals surface area contributed by atoms with Crippen molar-refractivity contribution in [3.05, 3.63) is 71.5 Å². The van der Waals surface area contributed by atoms with Crippen molar-refractivity contribution in [2.24, 2.45) is 0 Å². The standard InChI is InChI=1S/C24H29FN4O3/c1-28(17-18-7-3-2-4-8-18)24(32)26-14-11-22(30)27-19-12-15-29(16-13-19)23(31)20-9-5-6-10-21(20)25/h2-10,19H,11-17H2,1H3,(H,26,32)(H,27,30). The molecule has 1 saturated heterocycles. The minimum absolute atomic E-state index is 0.0383. The second-order valence-electron chi connectivity index (χ2n) is 7.94. The Hall–Kier alpha value is -3.42. The van der Waals surface area contributed by atoms with Crippen molar-refractivity contribution in [1.29, 1.82) is 0 Å². The fraction of sp³-hybridized carbons (Fsp3) is 0.375. The number of benzene rings is 2. The summed E-state index contributed by atoms with van der Waals surface area (Å²) in [5.41, 5.74) is 1.10. The first-order valence-corrected chi connectivity index (χ1v) is 10.8. The highest BCUT2D eigenvalue weighted by atomic mass is 19.1. The van der Waals surface area contributed by atoms with Gasteiger partial charge < -0.3 is 20.4 Å². The summed E-state index contributed by atoms with van der Waals surface area (Å²) in [7, 11) is 1.71. The molecule has 4 amide bonds. The zero-order valence-electron chi connectivity index (χ0n) is 18.2. The average Bonchev–Trinajstić information content (AvgIpc) is 2.80. The highest BCUT2D eigenvalue weighted by Crippen LogP contribution is 2.16. The Balaban J connectivity index is 1.34. The van der Waals surface area contributed by atoms with Crippen LogP contribution in [0.2, 0.25) is 0 Å². The molecule has 0 atom stereocenters. The largest absolute Gasteiger partial charge is 0.353 e. The van der Waals surface area contributed by atoms with Crippen LogP contribution in [0.1, 0.15) is 35.2 Å². The highest BCUT2D eigenvalue weighted by molar-refractivity contribution is 5.94. The van der Waals surface area contributed by atoms with Gasteiger partial charge in [0, 0.05) is 45.7 Å². The Bertz CT molecular complexity index is 930. The van der Waals surface area contributed by atoms with Gasteiger partial charge in [-0.15, -0.1) is 0 Å². The van der Waals surface area contributed by atoms with Crippen molar-refractivity contribution in [2.45, 2.75) is 31.8 Å². The third kappa shape index (κ3) is 6.54. The smallest absolute Gasteiger partial charge is 0.317 e. The van der Waals surface area contributed by atoms with E-state index in [0.29, 0.717) is 32.5 Å². The first-order chi connectivity index (χ1) is 15.4. The number of likely N-dealkylation sites (tertiary alicyclic amines) is 1. The molecule has 0 aromatic heterocycles. The maximum atomic E-state index is 13.8. The van der Waals surface area contributed by atoms with Crippen LogP contribution in [0.15, 0.2) is 54.6 Å². The summed E-state index contributed by atoms with van der Waals surface area (Å²) in [6.07, 6.45) is 1.40. The van der Waals surface area contributed by atoms with Crippen LogP contribution in [0.25, 0.3) is 0 Å². The van der Waals surface area contributed by atoms with Crippen LogP contribution in [-0.2, 0) is 11.3 Å². The number of hydrogen-bond donors (Lipinski definition) is 2. The van der Waals surface area contributed by atoms with Gasteiger partial charge in [-0.25, -0.2) is 9.18 Å². The van der Waals surface area contributed by atoms with Crippen LogP contribution in [0, 0.1) is 5.82 Å². The zero-order chi connectivity index (χ0) is 22.9. The van der Waals surface area contributed by atoms with Gasteiger partial charge in [0.15, 0.2) is 0 Å². The van der Waals surface area contributed by atoms with Crippen LogP contribution in [0.5, 0.6) is 0 Å². The van der Waals surface area contributed by atoms with Gasteiger partial charge in [-0.2, -0.15) is 0 Å². The van der Waals surface area contributed by atoms with Gasteiger partial charge in [-0.3, -0.25) is 9.59 Å². The monoisotopic (exact) mass is 440 g/mol. The van der Waals surface area contributed by atoms with E-state index in [0.717, 1.165) is 5.56 Å². The van der Waals surface area contributed by atoms with E-state index >= 15 is 0 Å². The number of carbonyl (C=O) groups is 3. The molecule has 1 aliphatic heterocycles. The lowest BCUT2D eigenvalue weighted by molar-refractivity contribution is -0.121. The Morgan fingerprint density at radius 3 is 2.38 bits per heavy atom. The fourth-order valence-corrected chi connectivity index (χ4v) is 3.68. The van der Waals surface area contributed by atoms with Crippen LogP contribution >= 0.6 is 0 Å². The number of amides is 4. The summed E-state index contributed by atoms with van der Waals surface area (Å²) in [6.45, 7) is 1.65. The van der Waals surface area contributed by atoms with Crippen LogP contribution in [-0.4, -0.2) is 60.4 Å². The summed E-state index contributed by atoms with van der Waals surface area (Å²) in [4.78, 5) is 40.1. The van der Waals surface area contributed by atoms with E-state index in [1.807, 2.05) is 30.3 Å². The number of rotatable bonds is 7. The lowest BCUT2D eigenvalue weighted by Gasteiger charge is -2.32. The topological polar surface area (TPSA) is 81.8 Å². The quantitative estimate of drug-likeness (QED) is 0.695. The van der Waals surface area contributed by atoms with Crippen LogP contribution in [0.4, 0.5) is 9.18 Å². The van der Waals surface area contributed by atoms with Gasteiger partial charge in [0.25, 0.3) is 5.91 Å². The summed E-state index contributed by atoms with van der Waals surface area (Å²) in [5.74, 6) is -0.991. The molecule has 1 heterocycles. The van der Waals surface area contributed by atoms with Gasteiger partial charge in [-0.05, 0) is 30.5 Å². The Kier molecular flexibility index (Phi) is 8.19. The molecule has 170 valence electrons. The number of nitrogens with zero attached hydrogens (tertiary/aromatic N) is 2. The van der Waals surface area contributed by atoms with Crippen LogP contribution < -0.4 is 10.6 Å². The van der Waals surface area contributed by atoms with Crippen molar-refractivity contribution >= 4 is 17.8 Å². The summed E-state index contributed by atoms with van der Waals surface area (Å²) < 4.78 is 13.8. The first kappa shape index (κ1) is 23.2. The van der Waals surface area contributed by atoms with Crippen molar-refractivity contribution in [2.75, 3.05) is 26.7 Å². The average molecular weight is 441 g/mol. The maximum Gasteiger partial charge on any atom is 0.317 e. The molecule has 1 fully saturated rings. The molecular formula is C24H29FN4O3. The molecule has 2 aromatic carbocycles. The Morgan fingerprint density at radius 1 is 1.03 bits per heavy atom. The minimum atomic E-state index is -0.524. The third-order valence-corrected chi connectivity index (χ3v) is 5.49. The number of piperidine rings is 1. The van der Waals surface area contributed by atoms with E-state index < -0.39 is 5.82 Å². The van der Waals surface area contributed by atoms with E-state index in [9.17, 15) is 18.8 Å². The molecule has 2 N–H and O–H groups in total. The molecular weight excluding hydrogens is 411 g/mol. The number of urea groups is 1. The number of carbonyl (C=O) groups excluding carboxylic acids is 3. The molecule has 0 saturated carbocycles. The van der Waals surface area contributed by atoms with Crippen molar-refractivity contribution in [3.63, 3.8) is 0 Å². The molecule has 8 heteroatoms. The summed E-state index contributed by atoms with van der Waals surface area (Å²) in [5, 5.41) is 5.71. The highest BCUT2D eigenvalue weighted by Gasteiger charge is 2.25. The predicted octanol–water partition coefficient (Wildman–Crippen LogP) is 2.78. The second kappa shape index (κ2) is 11.3. The van der Waals surface area contributed by atoms with Gasteiger partial charge >= 0.3 is 6.03 Å². The van der Waals surface area contributed by atoms with Crippen LogP contribution in [0.3, 0.4) is 0 Å². The Morgan fingerprint density at radius 2 is 1.69 bits per heavy atom. The molecule has 3 rings (SSSR count). The summed E-state index contributed by atoms with van der Waals surface area (Å²) >= 11 is 0. The molecule has 0 aliphatic carbocycles. The normalized spacial score (nSPS) is 14.0. The minimum Gasteiger partial charge on any atom is -0.353 e. The van der Waals surface area contributed by atoms with Crippen molar-refractivity contribution < 1.29 is 18.8 Å². The lowest BCUT2D eigenvalue weighted by atomic mass is 10.0. The number of halogens is 1. The van der Waals surface area contributed by atoms with Crippen molar-refractivity contribution in [3.8, 4) is 0 Å². The van der Waals surface area contributed by atoms with Gasteiger partial charge in [0.05, 0.1) is 5.56 Å². The SMILES string of the molecule is CN(Cc1ccccc1)C(=O)NCCC(=O)NC1CCN(C(=O)c2ccccc2F)CC1. The molecule has 0 bridgehead atoms. The van der Waals surface area contributed by atoms with E-state index in [1.165, 1.54) is 12.1 Å². The molecule has 0 radical (unpaired) electrons. The third-order valence-electron chi connectivity index (χ3n) is 5.49. The molecule has 2 aromatic rings. The summed E-state index contributed by atoms with van der Waals surface area (Å²) in [6, 6.07) is 15.4. The van der Waals surface area contributed by atoms with E-state index in [-0.39, 0.29) is 42.4 Å². The second-order valence-corrected chi connectivity index (χ2v) is 7.94. The van der Waals surface area contributed by atoms with E-state index in [1.54, 1.807) is 29.0 Å². The zero-order valence-corrected chi connectivity index (χ0v) is 18.2. The lowest BCUT2D eigenvalue weighted by Crippen LogP contribution is -2.47. The Labute approximate surface area is 187 Å². The molecule has 1 aliphatic rings. The van der Waals surface area contributed by atoms with E-state index in [4.69, 9.17) is 0 Å². The van der Waals surface area contributed by atoms with Gasteiger partial charge in [0.1, 0.15) is 5.82 Å². The van der Waals surface area contributed by atoms with E-state index in [2.05, 4.69) is 10.6 Å². The molecule has 32 heavy (non-hydrogen) atoms. The van der Waals surface area contributed by atoms with Gasteiger partial charge in [0.2, 0.25) is 5.91 Å². The molecule has 7 nitrogen and oxygen atoms in total. The van der Waals surface area contributed by atoms with Crippen molar-refractivity contribution in [1.82, 2.24) is 20.4 Å². The fourth-order valence-electron chi connectivity index (χ4n) is 3.68. The number of nitrogens with one attached hydrogen (secondary N) is 2.